The van der Waals surface area contributed by atoms with Crippen LogP contribution in [0.25, 0.3) is 16.3 Å². The van der Waals surface area contributed by atoms with E-state index in [0.29, 0.717) is 15.1 Å². The minimum absolute atomic E-state index is 0.113. The minimum Gasteiger partial charge on any atom is -0.319 e. The SMILES string of the molecule is O=C(Nc1ccc(Br)cc1)c1nc2nc(-c3cccs3)cc(C(F)(F)F)n2n1. The molecule has 0 spiro atoms. The van der Waals surface area contributed by atoms with Crippen molar-refractivity contribution in [1.29, 1.82) is 0 Å². The summed E-state index contributed by atoms with van der Waals surface area (Å²) in [5.74, 6) is -1.46. The van der Waals surface area contributed by atoms with Gasteiger partial charge in [0.15, 0.2) is 5.69 Å². The predicted octanol–water partition coefficient (Wildman–Crippen LogP) is 4.89. The average Bonchev–Trinajstić information content (AvgIpc) is 3.31. The van der Waals surface area contributed by atoms with E-state index in [1.165, 1.54) is 11.3 Å². The number of rotatable bonds is 3. The number of amides is 1. The summed E-state index contributed by atoms with van der Waals surface area (Å²) in [6, 6.07) is 10.9. The van der Waals surface area contributed by atoms with E-state index in [2.05, 4.69) is 36.3 Å². The maximum Gasteiger partial charge on any atom is 0.433 e. The van der Waals surface area contributed by atoms with Crippen LogP contribution in [0.4, 0.5) is 18.9 Å². The second kappa shape index (κ2) is 6.99. The molecule has 3 heterocycles. The van der Waals surface area contributed by atoms with Crippen LogP contribution in [0.2, 0.25) is 0 Å². The summed E-state index contributed by atoms with van der Waals surface area (Å²) in [7, 11) is 0. The number of anilines is 1. The van der Waals surface area contributed by atoms with E-state index < -0.39 is 23.6 Å². The molecule has 0 aliphatic rings. The number of carbonyl (C=O) groups is 1. The van der Waals surface area contributed by atoms with Crippen molar-refractivity contribution < 1.29 is 18.0 Å². The highest BCUT2D eigenvalue weighted by molar-refractivity contribution is 9.10. The molecule has 3 aromatic heterocycles. The number of alkyl halides is 3. The van der Waals surface area contributed by atoms with Crippen molar-refractivity contribution in [3.8, 4) is 10.6 Å². The fraction of sp³-hybridized carbons (Fsp3) is 0.0588. The van der Waals surface area contributed by atoms with Crippen LogP contribution >= 0.6 is 27.3 Å². The summed E-state index contributed by atoms with van der Waals surface area (Å²) in [5, 5.41) is 7.99. The van der Waals surface area contributed by atoms with Crippen molar-refractivity contribution in [2.45, 2.75) is 6.18 Å². The second-order valence-electron chi connectivity index (χ2n) is 5.61. The molecule has 0 aliphatic carbocycles. The normalized spacial score (nSPS) is 11.7. The third kappa shape index (κ3) is 3.62. The Kier molecular flexibility index (Phi) is 4.63. The van der Waals surface area contributed by atoms with Gasteiger partial charge in [-0.3, -0.25) is 4.79 Å². The molecule has 6 nitrogen and oxygen atoms in total. The quantitative estimate of drug-likeness (QED) is 0.465. The highest BCUT2D eigenvalue weighted by Crippen LogP contribution is 2.33. The first-order valence-electron chi connectivity index (χ1n) is 7.77. The fourth-order valence-corrected chi connectivity index (χ4v) is 3.39. The molecule has 0 unspecified atom stereocenters. The van der Waals surface area contributed by atoms with E-state index in [1.54, 1.807) is 41.8 Å². The molecule has 11 heteroatoms. The summed E-state index contributed by atoms with van der Waals surface area (Å²) in [5.41, 5.74) is -0.492. The predicted molar refractivity (Wildman–Crippen MR) is 101 cm³/mol. The summed E-state index contributed by atoms with van der Waals surface area (Å²) in [6.45, 7) is 0. The first-order valence-corrected chi connectivity index (χ1v) is 9.44. The van der Waals surface area contributed by atoms with E-state index >= 15 is 0 Å². The molecule has 0 fully saturated rings. The average molecular weight is 468 g/mol. The van der Waals surface area contributed by atoms with Crippen molar-refractivity contribution in [3.05, 3.63) is 63.8 Å². The molecule has 1 N–H and O–H groups in total. The summed E-state index contributed by atoms with van der Waals surface area (Å²) < 4.78 is 41.9. The highest BCUT2D eigenvalue weighted by atomic mass is 79.9. The number of thiophene rings is 1. The van der Waals surface area contributed by atoms with Crippen LogP contribution in [0.5, 0.6) is 0 Å². The molecular formula is C17H9BrF3N5OS. The molecule has 0 atom stereocenters. The molecule has 0 aliphatic heterocycles. The van der Waals surface area contributed by atoms with Gasteiger partial charge >= 0.3 is 6.18 Å². The van der Waals surface area contributed by atoms with Crippen LogP contribution in [-0.4, -0.2) is 25.5 Å². The number of halogens is 4. The molecular weight excluding hydrogens is 459 g/mol. The van der Waals surface area contributed by atoms with Gasteiger partial charge in [-0.1, -0.05) is 22.0 Å². The molecule has 0 radical (unpaired) electrons. The Morgan fingerprint density at radius 2 is 1.89 bits per heavy atom. The third-order valence-electron chi connectivity index (χ3n) is 3.68. The van der Waals surface area contributed by atoms with Crippen LogP contribution in [-0.2, 0) is 6.18 Å². The van der Waals surface area contributed by atoms with Gasteiger partial charge in [-0.05, 0) is 41.8 Å². The van der Waals surface area contributed by atoms with Crippen molar-refractivity contribution >= 4 is 44.6 Å². The summed E-state index contributed by atoms with van der Waals surface area (Å²) in [6.07, 6.45) is -4.69. The lowest BCUT2D eigenvalue weighted by atomic mass is 10.3. The largest absolute Gasteiger partial charge is 0.433 e. The smallest absolute Gasteiger partial charge is 0.319 e. The van der Waals surface area contributed by atoms with Gasteiger partial charge < -0.3 is 5.32 Å². The Bertz CT molecular complexity index is 1160. The first kappa shape index (κ1) is 18.6. The van der Waals surface area contributed by atoms with Crippen molar-refractivity contribution in [2.75, 3.05) is 5.32 Å². The summed E-state index contributed by atoms with van der Waals surface area (Å²) >= 11 is 4.52. The van der Waals surface area contributed by atoms with Gasteiger partial charge in [0, 0.05) is 10.2 Å². The number of aromatic nitrogens is 4. The van der Waals surface area contributed by atoms with Gasteiger partial charge in [-0.15, -0.1) is 16.4 Å². The zero-order valence-corrected chi connectivity index (χ0v) is 16.1. The maximum absolute atomic E-state index is 13.5. The third-order valence-corrected chi connectivity index (χ3v) is 5.10. The van der Waals surface area contributed by atoms with Crippen LogP contribution < -0.4 is 5.32 Å². The first-order chi connectivity index (χ1) is 13.3. The lowest BCUT2D eigenvalue weighted by molar-refractivity contribution is -0.142. The Balaban J connectivity index is 1.77. The van der Waals surface area contributed by atoms with Gasteiger partial charge in [0.1, 0.15) is 0 Å². The monoisotopic (exact) mass is 467 g/mol. The van der Waals surface area contributed by atoms with E-state index in [0.717, 1.165) is 10.5 Å². The second-order valence-corrected chi connectivity index (χ2v) is 7.47. The Morgan fingerprint density at radius 1 is 1.14 bits per heavy atom. The molecule has 4 rings (SSSR count). The highest BCUT2D eigenvalue weighted by Gasteiger charge is 2.36. The molecule has 142 valence electrons. The standard InChI is InChI=1S/C17H9BrF3N5OS/c18-9-3-5-10(6-4-9)22-15(27)14-24-16-23-11(12-2-1-7-28-12)8-13(17(19,20)21)26(16)25-14/h1-8H,(H,22,27). The lowest BCUT2D eigenvalue weighted by Gasteiger charge is -2.09. The van der Waals surface area contributed by atoms with Crippen molar-refractivity contribution in [1.82, 2.24) is 19.6 Å². The van der Waals surface area contributed by atoms with Crippen molar-refractivity contribution in [2.24, 2.45) is 0 Å². The molecule has 1 amide bonds. The van der Waals surface area contributed by atoms with Crippen LogP contribution in [0.15, 0.2) is 52.3 Å². The van der Waals surface area contributed by atoms with E-state index in [9.17, 15) is 18.0 Å². The number of fused-ring (bicyclic) bond motifs is 1. The van der Waals surface area contributed by atoms with Gasteiger partial charge in [-0.25, -0.2) is 4.98 Å². The number of benzene rings is 1. The van der Waals surface area contributed by atoms with E-state index in [1.807, 2.05) is 0 Å². The topological polar surface area (TPSA) is 72.2 Å². The number of nitrogens with one attached hydrogen (secondary N) is 1. The number of carbonyl (C=O) groups excluding carboxylic acids is 1. The Morgan fingerprint density at radius 3 is 2.54 bits per heavy atom. The molecule has 0 saturated heterocycles. The van der Waals surface area contributed by atoms with Crippen LogP contribution in [0.3, 0.4) is 0 Å². The zero-order chi connectivity index (χ0) is 19.9. The zero-order valence-electron chi connectivity index (χ0n) is 13.7. The van der Waals surface area contributed by atoms with Crippen LogP contribution in [0, 0.1) is 0 Å². The van der Waals surface area contributed by atoms with E-state index in [4.69, 9.17) is 0 Å². The van der Waals surface area contributed by atoms with Gasteiger partial charge in [0.2, 0.25) is 5.82 Å². The van der Waals surface area contributed by atoms with Gasteiger partial charge in [0.05, 0.1) is 10.6 Å². The lowest BCUT2D eigenvalue weighted by Crippen LogP contribution is -2.15. The number of hydrogen-bond donors (Lipinski definition) is 1. The molecule has 28 heavy (non-hydrogen) atoms. The van der Waals surface area contributed by atoms with Crippen LogP contribution in [0.1, 0.15) is 16.3 Å². The van der Waals surface area contributed by atoms with Gasteiger partial charge in [0.25, 0.3) is 11.7 Å². The molecule has 4 aromatic rings. The molecule has 1 aromatic carbocycles. The van der Waals surface area contributed by atoms with E-state index in [-0.39, 0.29) is 11.5 Å². The number of hydrogen-bond acceptors (Lipinski definition) is 5. The maximum atomic E-state index is 13.5. The Labute approximate surface area is 168 Å². The fourth-order valence-electron chi connectivity index (χ4n) is 2.44. The minimum atomic E-state index is -4.69. The molecule has 0 saturated carbocycles. The van der Waals surface area contributed by atoms with Gasteiger partial charge in [-0.2, -0.15) is 22.7 Å². The van der Waals surface area contributed by atoms with Crippen molar-refractivity contribution in [3.63, 3.8) is 0 Å². The molecule has 0 bridgehead atoms. The summed E-state index contributed by atoms with van der Waals surface area (Å²) in [4.78, 5) is 20.9. The Hall–Kier alpha value is -2.79. The number of nitrogens with zero attached hydrogens (tertiary/aromatic N) is 4.